The first-order chi connectivity index (χ1) is 5.11. The minimum atomic E-state index is -2.62. The molecule has 0 saturated carbocycles. The van der Waals surface area contributed by atoms with Crippen molar-refractivity contribution >= 4 is 11.5 Å². The highest BCUT2D eigenvalue weighted by atomic mass is 19.3. The van der Waals surface area contributed by atoms with E-state index in [4.69, 9.17) is 11.5 Å². The van der Waals surface area contributed by atoms with Crippen LogP contribution in [0.1, 0.15) is 12.0 Å². The van der Waals surface area contributed by atoms with Crippen LogP contribution in [0, 0.1) is 0 Å². The van der Waals surface area contributed by atoms with E-state index >= 15 is 0 Å². The Labute approximate surface area is 62.0 Å². The minimum Gasteiger partial charge on any atom is -0.397 e. The van der Waals surface area contributed by atoms with Crippen LogP contribution in [0.5, 0.6) is 0 Å². The third-order valence-electron chi connectivity index (χ3n) is 1.21. The van der Waals surface area contributed by atoms with E-state index in [0.717, 1.165) is 6.07 Å². The standard InChI is InChI=1S/C6H7F2N3/c7-5(8)4-1-3(9)2-11-6(4)10/h1-2,5H,9H2,(H2,10,11). The summed E-state index contributed by atoms with van der Waals surface area (Å²) < 4.78 is 24.1. The molecule has 0 unspecified atom stereocenters. The molecule has 11 heavy (non-hydrogen) atoms. The molecule has 0 aromatic carbocycles. The van der Waals surface area contributed by atoms with Gasteiger partial charge in [-0.2, -0.15) is 0 Å². The van der Waals surface area contributed by atoms with Gasteiger partial charge in [0.25, 0.3) is 6.43 Å². The zero-order valence-corrected chi connectivity index (χ0v) is 5.59. The van der Waals surface area contributed by atoms with E-state index in [1.165, 1.54) is 6.20 Å². The number of nitrogen functional groups attached to an aromatic ring is 2. The van der Waals surface area contributed by atoms with Gasteiger partial charge < -0.3 is 11.5 Å². The van der Waals surface area contributed by atoms with Crippen LogP contribution >= 0.6 is 0 Å². The molecule has 3 nitrogen and oxygen atoms in total. The summed E-state index contributed by atoms with van der Waals surface area (Å²) in [4.78, 5) is 3.47. The first-order valence-corrected chi connectivity index (χ1v) is 2.90. The zero-order valence-electron chi connectivity index (χ0n) is 5.59. The topological polar surface area (TPSA) is 64.9 Å². The van der Waals surface area contributed by atoms with Crippen LogP contribution in [0.2, 0.25) is 0 Å². The highest BCUT2D eigenvalue weighted by Gasteiger charge is 2.11. The fourth-order valence-corrected chi connectivity index (χ4v) is 0.684. The molecule has 1 rings (SSSR count). The zero-order chi connectivity index (χ0) is 8.43. The van der Waals surface area contributed by atoms with Crippen LogP contribution in [0.3, 0.4) is 0 Å². The molecular formula is C6H7F2N3. The van der Waals surface area contributed by atoms with Crippen LogP contribution in [-0.4, -0.2) is 4.98 Å². The Hall–Kier alpha value is -1.39. The second kappa shape index (κ2) is 2.69. The maximum Gasteiger partial charge on any atom is 0.267 e. The molecule has 0 aliphatic rings. The second-order valence-corrected chi connectivity index (χ2v) is 2.04. The average molecular weight is 159 g/mol. The highest BCUT2D eigenvalue weighted by Crippen LogP contribution is 2.24. The van der Waals surface area contributed by atoms with E-state index in [9.17, 15) is 8.78 Å². The van der Waals surface area contributed by atoms with Crippen molar-refractivity contribution in [1.82, 2.24) is 4.98 Å². The van der Waals surface area contributed by atoms with E-state index in [1.54, 1.807) is 0 Å². The van der Waals surface area contributed by atoms with Gasteiger partial charge in [-0.1, -0.05) is 0 Å². The van der Waals surface area contributed by atoms with Gasteiger partial charge in [-0.3, -0.25) is 0 Å². The average Bonchev–Trinajstić information content (AvgIpc) is 1.94. The van der Waals surface area contributed by atoms with Crippen molar-refractivity contribution in [3.05, 3.63) is 17.8 Å². The minimum absolute atomic E-state index is 0.172. The number of nitrogens with zero attached hydrogens (tertiary/aromatic N) is 1. The van der Waals surface area contributed by atoms with Crippen molar-refractivity contribution in [1.29, 1.82) is 0 Å². The Morgan fingerprint density at radius 2 is 2.00 bits per heavy atom. The lowest BCUT2D eigenvalue weighted by Crippen LogP contribution is -1.99. The van der Waals surface area contributed by atoms with Crippen molar-refractivity contribution in [2.45, 2.75) is 6.43 Å². The largest absolute Gasteiger partial charge is 0.397 e. The summed E-state index contributed by atoms with van der Waals surface area (Å²) in [7, 11) is 0. The van der Waals surface area contributed by atoms with Gasteiger partial charge in [-0.05, 0) is 6.07 Å². The first-order valence-electron chi connectivity index (χ1n) is 2.90. The molecule has 1 heterocycles. The molecule has 0 aliphatic heterocycles. The van der Waals surface area contributed by atoms with Crippen molar-refractivity contribution in [2.24, 2.45) is 0 Å². The van der Waals surface area contributed by atoms with Gasteiger partial charge in [0.15, 0.2) is 0 Å². The number of anilines is 2. The Morgan fingerprint density at radius 1 is 1.36 bits per heavy atom. The number of aromatic nitrogens is 1. The second-order valence-electron chi connectivity index (χ2n) is 2.04. The van der Waals surface area contributed by atoms with E-state index in [-0.39, 0.29) is 17.1 Å². The normalized spacial score (nSPS) is 10.5. The molecule has 1 aromatic rings. The van der Waals surface area contributed by atoms with Gasteiger partial charge in [0, 0.05) is 0 Å². The summed E-state index contributed by atoms with van der Waals surface area (Å²) in [5, 5.41) is 0. The predicted molar refractivity (Wildman–Crippen MR) is 38.0 cm³/mol. The predicted octanol–water partition coefficient (Wildman–Crippen LogP) is 1.18. The van der Waals surface area contributed by atoms with Gasteiger partial charge in [0.2, 0.25) is 0 Å². The fourth-order valence-electron chi connectivity index (χ4n) is 0.684. The van der Waals surface area contributed by atoms with Crippen LogP contribution in [0.15, 0.2) is 12.3 Å². The van der Waals surface area contributed by atoms with Crippen molar-refractivity contribution in [3.8, 4) is 0 Å². The molecule has 4 N–H and O–H groups in total. The number of alkyl halides is 2. The third-order valence-corrected chi connectivity index (χ3v) is 1.21. The van der Waals surface area contributed by atoms with Crippen LogP contribution in [-0.2, 0) is 0 Å². The Bertz CT molecular complexity index is 262. The van der Waals surface area contributed by atoms with E-state index in [1.807, 2.05) is 0 Å². The van der Waals surface area contributed by atoms with Crippen LogP contribution < -0.4 is 11.5 Å². The van der Waals surface area contributed by atoms with E-state index in [0.29, 0.717) is 0 Å². The van der Waals surface area contributed by atoms with Gasteiger partial charge in [-0.25, -0.2) is 13.8 Å². The van der Waals surface area contributed by atoms with Gasteiger partial charge in [0.1, 0.15) is 5.82 Å². The summed E-state index contributed by atoms with van der Waals surface area (Å²) in [6.07, 6.45) is -1.38. The van der Waals surface area contributed by atoms with E-state index in [2.05, 4.69) is 4.98 Å². The van der Waals surface area contributed by atoms with Crippen molar-refractivity contribution in [3.63, 3.8) is 0 Å². The van der Waals surface area contributed by atoms with Gasteiger partial charge in [0.05, 0.1) is 17.4 Å². The molecule has 60 valence electrons. The number of hydrogen-bond acceptors (Lipinski definition) is 3. The summed E-state index contributed by atoms with van der Waals surface area (Å²) in [5.74, 6) is -0.172. The Balaban J connectivity index is 3.13. The van der Waals surface area contributed by atoms with Gasteiger partial charge >= 0.3 is 0 Å². The molecule has 0 spiro atoms. The lowest BCUT2D eigenvalue weighted by Gasteiger charge is -2.02. The lowest BCUT2D eigenvalue weighted by atomic mass is 10.2. The molecule has 1 aromatic heterocycles. The Morgan fingerprint density at radius 3 is 2.45 bits per heavy atom. The number of rotatable bonds is 1. The molecule has 0 fully saturated rings. The van der Waals surface area contributed by atoms with Gasteiger partial charge in [-0.15, -0.1) is 0 Å². The SMILES string of the molecule is Nc1cnc(N)c(C(F)F)c1. The van der Waals surface area contributed by atoms with E-state index < -0.39 is 6.43 Å². The number of hydrogen-bond donors (Lipinski definition) is 2. The fraction of sp³-hybridized carbons (Fsp3) is 0.167. The Kier molecular flexibility index (Phi) is 1.89. The molecule has 0 saturated heterocycles. The highest BCUT2D eigenvalue weighted by molar-refractivity contribution is 5.49. The van der Waals surface area contributed by atoms with Crippen molar-refractivity contribution in [2.75, 3.05) is 11.5 Å². The number of pyridine rings is 1. The first kappa shape index (κ1) is 7.71. The maximum atomic E-state index is 12.0. The summed E-state index contributed by atoms with van der Waals surface area (Å²) in [6, 6.07) is 1.12. The summed E-state index contributed by atoms with van der Waals surface area (Å²) in [6.45, 7) is 0. The third kappa shape index (κ3) is 1.54. The molecule has 0 bridgehead atoms. The molecule has 0 radical (unpaired) electrons. The molecule has 0 atom stereocenters. The monoisotopic (exact) mass is 159 g/mol. The number of nitrogens with two attached hydrogens (primary N) is 2. The van der Waals surface area contributed by atoms with Crippen molar-refractivity contribution < 1.29 is 8.78 Å². The summed E-state index contributed by atoms with van der Waals surface area (Å²) >= 11 is 0. The quantitative estimate of drug-likeness (QED) is 0.646. The van der Waals surface area contributed by atoms with Crippen LogP contribution in [0.25, 0.3) is 0 Å². The lowest BCUT2D eigenvalue weighted by molar-refractivity contribution is 0.152. The van der Waals surface area contributed by atoms with Crippen LogP contribution in [0.4, 0.5) is 20.3 Å². The maximum absolute atomic E-state index is 12.0. The summed E-state index contributed by atoms with van der Waals surface area (Å²) in [5.41, 5.74) is 10.2. The smallest absolute Gasteiger partial charge is 0.267 e. The molecule has 0 amide bonds. The molecular weight excluding hydrogens is 152 g/mol. The molecule has 5 heteroatoms. The molecule has 0 aliphatic carbocycles. The number of halogens is 2.